The third-order valence-corrected chi connectivity index (χ3v) is 4.48. The molecule has 0 fully saturated rings. The van der Waals surface area contributed by atoms with Crippen LogP contribution in [0.5, 0.6) is 0 Å². The molecule has 1 atom stereocenters. The second-order valence-electron chi connectivity index (χ2n) is 6.06. The fourth-order valence-electron chi connectivity index (χ4n) is 3.26. The van der Waals surface area contributed by atoms with Gasteiger partial charge in [-0.15, -0.1) is 0 Å². The Bertz CT molecular complexity index is 855. The van der Waals surface area contributed by atoms with Gasteiger partial charge in [0.2, 0.25) is 0 Å². The van der Waals surface area contributed by atoms with Crippen molar-refractivity contribution in [1.29, 1.82) is 0 Å². The molecule has 4 nitrogen and oxygen atoms in total. The minimum atomic E-state index is -0.192. The molecule has 1 amide bonds. The van der Waals surface area contributed by atoms with E-state index in [1.807, 2.05) is 42.5 Å². The smallest absolute Gasteiger partial charge is 0.273 e. The maximum Gasteiger partial charge on any atom is 0.273 e. The number of rotatable bonds is 3. The first kappa shape index (κ1) is 14.7. The first-order valence-electron chi connectivity index (χ1n) is 8.22. The van der Waals surface area contributed by atoms with Crippen LogP contribution in [0, 0.1) is 0 Å². The van der Waals surface area contributed by atoms with E-state index < -0.39 is 0 Å². The lowest BCUT2D eigenvalue weighted by Gasteiger charge is -2.25. The topological polar surface area (TPSA) is 55.1 Å². The molecule has 0 spiro atoms. The number of hydrogen-bond acceptors (Lipinski definition) is 3. The number of fused-ring (bicyclic) bond motifs is 1. The van der Waals surface area contributed by atoms with Gasteiger partial charge in [-0.05, 0) is 30.4 Å². The number of amides is 1. The first-order chi connectivity index (χ1) is 11.8. The molecule has 1 aromatic heterocycles. The molecule has 4 rings (SSSR count). The van der Waals surface area contributed by atoms with Crippen LogP contribution >= 0.6 is 0 Å². The molecule has 0 saturated heterocycles. The van der Waals surface area contributed by atoms with Crippen LogP contribution in [-0.2, 0) is 6.42 Å². The summed E-state index contributed by atoms with van der Waals surface area (Å²) in [4.78, 5) is 12.5. The number of carbonyl (C=O) groups is 1. The van der Waals surface area contributed by atoms with Crippen molar-refractivity contribution in [2.24, 2.45) is 0 Å². The van der Waals surface area contributed by atoms with Gasteiger partial charge in [-0.25, -0.2) is 0 Å². The van der Waals surface area contributed by atoms with Gasteiger partial charge in [0.1, 0.15) is 0 Å². The van der Waals surface area contributed by atoms with Crippen molar-refractivity contribution >= 4 is 5.91 Å². The van der Waals surface area contributed by atoms with Gasteiger partial charge in [0.15, 0.2) is 11.5 Å². The number of nitrogens with zero attached hydrogens (tertiary/aromatic N) is 1. The fourth-order valence-corrected chi connectivity index (χ4v) is 3.26. The van der Waals surface area contributed by atoms with Gasteiger partial charge in [0.25, 0.3) is 5.91 Å². The van der Waals surface area contributed by atoms with Crippen LogP contribution in [0.15, 0.2) is 65.2 Å². The predicted octanol–water partition coefficient (Wildman–Crippen LogP) is 4.15. The number of benzene rings is 2. The van der Waals surface area contributed by atoms with E-state index in [9.17, 15) is 4.79 Å². The van der Waals surface area contributed by atoms with E-state index in [-0.39, 0.29) is 11.9 Å². The molecule has 4 heteroatoms. The largest absolute Gasteiger partial charge is 0.355 e. The summed E-state index contributed by atoms with van der Waals surface area (Å²) < 4.78 is 5.32. The number of nitrogens with one attached hydrogen (secondary N) is 1. The molecule has 1 heterocycles. The molecular formula is C20H18N2O2. The van der Waals surface area contributed by atoms with Gasteiger partial charge in [-0.1, -0.05) is 59.8 Å². The zero-order valence-corrected chi connectivity index (χ0v) is 13.2. The first-order valence-corrected chi connectivity index (χ1v) is 8.22. The molecule has 24 heavy (non-hydrogen) atoms. The highest BCUT2D eigenvalue weighted by atomic mass is 16.5. The average molecular weight is 318 g/mol. The monoisotopic (exact) mass is 318 g/mol. The molecule has 0 aliphatic heterocycles. The minimum absolute atomic E-state index is 0.0410. The van der Waals surface area contributed by atoms with E-state index in [4.69, 9.17) is 4.52 Å². The number of hydrogen-bond donors (Lipinski definition) is 1. The third kappa shape index (κ3) is 2.83. The molecular weight excluding hydrogens is 300 g/mol. The quantitative estimate of drug-likeness (QED) is 0.789. The van der Waals surface area contributed by atoms with Crippen molar-refractivity contribution in [3.63, 3.8) is 0 Å². The van der Waals surface area contributed by atoms with Crippen molar-refractivity contribution in [2.75, 3.05) is 0 Å². The van der Waals surface area contributed by atoms with E-state index in [0.717, 1.165) is 24.8 Å². The van der Waals surface area contributed by atoms with Gasteiger partial charge in [0.05, 0.1) is 6.04 Å². The number of carbonyl (C=O) groups excluding carboxylic acids is 1. The molecule has 0 unspecified atom stereocenters. The summed E-state index contributed by atoms with van der Waals surface area (Å²) in [7, 11) is 0. The molecule has 0 bridgehead atoms. The van der Waals surface area contributed by atoms with Crippen molar-refractivity contribution in [3.8, 4) is 11.3 Å². The molecule has 0 saturated carbocycles. The second kappa shape index (κ2) is 6.32. The SMILES string of the molecule is O=C(N[C@@H]1CCCc2ccccc21)c1cc(-c2ccccc2)on1. The lowest BCUT2D eigenvalue weighted by Crippen LogP contribution is -2.31. The zero-order valence-electron chi connectivity index (χ0n) is 13.2. The maximum atomic E-state index is 12.5. The van der Waals surface area contributed by atoms with Crippen molar-refractivity contribution in [2.45, 2.75) is 25.3 Å². The summed E-state index contributed by atoms with van der Waals surface area (Å²) in [6.07, 6.45) is 3.10. The Kier molecular flexibility index (Phi) is 3.87. The van der Waals surface area contributed by atoms with Crippen molar-refractivity contribution in [3.05, 3.63) is 77.5 Å². The predicted molar refractivity (Wildman–Crippen MR) is 91.5 cm³/mol. The molecule has 120 valence electrons. The Morgan fingerprint density at radius 3 is 2.75 bits per heavy atom. The lowest BCUT2D eigenvalue weighted by atomic mass is 9.87. The normalized spacial score (nSPS) is 16.4. The van der Waals surface area contributed by atoms with Crippen LogP contribution in [0.1, 0.15) is 40.5 Å². The van der Waals surface area contributed by atoms with Crippen LogP contribution in [0.4, 0.5) is 0 Å². The summed E-state index contributed by atoms with van der Waals surface area (Å²) in [6.45, 7) is 0. The van der Waals surface area contributed by atoms with Crippen LogP contribution in [0.2, 0.25) is 0 Å². The highest BCUT2D eigenvalue weighted by Gasteiger charge is 2.23. The average Bonchev–Trinajstić information content (AvgIpc) is 3.13. The molecule has 0 radical (unpaired) electrons. The molecule has 1 N–H and O–H groups in total. The Morgan fingerprint density at radius 1 is 1.08 bits per heavy atom. The van der Waals surface area contributed by atoms with E-state index in [0.29, 0.717) is 11.5 Å². The molecule has 2 aromatic carbocycles. The standard InChI is InChI=1S/C20H18N2O2/c23-20(18-13-19(24-22-18)15-8-2-1-3-9-15)21-17-12-6-10-14-7-4-5-11-16(14)17/h1-5,7-9,11,13,17H,6,10,12H2,(H,21,23)/t17-/m1/s1. The van der Waals surface area contributed by atoms with Gasteiger partial charge < -0.3 is 9.84 Å². The maximum absolute atomic E-state index is 12.5. The summed E-state index contributed by atoms with van der Waals surface area (Å²) >= 11 is 0. The van der Waals surface area contributed by atoms with Gasteiger partial charge in [0, 0.05) is 11.6 Å². The number of aryl methyl sites for hydroxylation is 1. The molecule has 1 aliphatic carbocycles. The van der Waals surface area contributed by atoms with Gasteiger partial charge in [-0.2, -0.15) is 0 Å². The van der Waals surface area contributed by atoms with E-state index in [1.54, 1.807) is 6.07 Å². The van der Waals surface area contributed by atoms with E-state index in [1.165, 1.54) is 11.1 Å². The summed E-state index contributed by atoms with van der Waals surface area (Å²) in [6, 6.07) is 19.7. The lowest BCUT2D eigenvalue weighted by molar-refractivity contribution is 0.0923. The highest BCUT2D eigenvalue weighted by molar-refractivity contribution is 5.93. The Labute approximate surface area is 140 Å². The third-order valence-electron chi connectivity index (χ3n) is 4.48. The summed E-state index contributed by atoms with van der Waals surface area (Å²) in [5, 5.41) is 7.02. The van der Waals surface area contributed by atoms with Gasteiger partial charge >= 0.3 is 0 Å². The second-order valence-corrected chi connectivity index (χ2v) is 6.06. The zero-order chi connectivity index (χ0) is 16.4. The van der Waals surface area contributed by atoms with Crippen molar-refractivity contribution in [1.82, 2.24) is 10.5 Å². The van der Waals surface area contributed by atoms with Crippen LogP contribution < -0.4 is 5.32 Å². The minimum Gasteiger partial charge on any atom is -0.355 e. The fraction of sp³-hybridized carbons (Fsp3) is 0.200. The number of aromatic nitrogens is 1. The van der Waals surface area contributed by atoms with E-state index >= 15 is 0 Å². The van der Waals surface area contributed by atoms with Crippen molar-refractivity contribution < 1.29 is 9.32 Å². The Balaban J connectivity index is 1.53. The molecule has 3 aromatic rings. The summed E-state index contributed by atoms with van der Waals surface area (Å²) in [5.41, 5.74) is 3.76. The summed E-state index contributed by atoms with van der Waals surface area (Å²) in [5.74, 6) is 0.410. The van der Waals surface area contributed by atoms with Crippen LogP contribution in [0.3, 0.4) is 0 Å². The van der Waals surface area contributed by atoms with Crippen LogP contribution in [0.25, 0.3) is 11.3 Å². The van der Waals surface area contributed by atoms with Gasteiger partial charge in [-0.3, -0.25) is 4.79 Å². The highest BCUT2D eigenvalue weighted by Crippen LogP contribution is 2.29. The van der Waals surface area contributed by atoms with E-state index in [2.05, 4.69) is 22.6 Å². The Morgan fingerprint density at radius 2 is 1.88 bits per heavy atom. The van der Waals surface area contributed by atoms with Crippen LogP contribution in [-0.4, -0.2) is 11.1 Å². The molecule has 1 aliphatic rings. The Hall–Kier alpha value is -2.88.